The molecular formula is C8H16N2O5. The fourth-order valence-corrected chi connectivity index (χ4v) is 0.736. The normalized spacial score (nSPS) is 11.9. The van der Waals surface area contributed by atoms with E-state index in [0.29, 0.717) is 13.2 Å². The van der Waals surface area contributed by atoms with Crippen LogP contribution in [0.3, 0.4) is 0 Å². The van der Waals surface area contributed by atoms with E-state index in [1.807, 2.05) is 0 Å². The quantitative estimate of drug-likeness (QED) is 0.518. The minimum atomic E-state index is -1.58. The average molecular weight is 220 g/mol. The Labute approximate surface area is 87.6 Å². The minimum Gasteiger partial charge on any atom is -0.479 e. The third kappa shape index (κ3) is 5.87. The molecule has 15 heavy (non-hydrogen) atoms. The molecular weight excluding hydrogens is 204 g/mol. The molecule has 0 heterocycles. The van der Waals surface area contributed by atoms with Crippen molar-refractivity contribution >= 4 is 12.0 Å². The van der Waals surface area contributed by atoms with Gasteiger partial charge in [0.25, 0.3) is 0 Å². The Balaban J connectivity index is 3.77. The topological polar surface area (TPSA) is 99.1 Å². The molecule has 0 aliphatic carbocycles. The van der Waals surface area contributed by atoms with Crippen LogP contribution in [0, 0.1) is 0 Å². The van der Waals surface area contributed by atoms with Crippen molar-refractivity contribution < 1.29 is 24.5 Å². The van der Waals surface area contributed by atoms with Gasteiger partial charge in [0.05, 0.1) is 13.2 Å². The third-order valence-corrected chi connectivity index (χ3v) is 1.71. The van der Waals surface area contributed by atoms with Crippen LogP contribution in [-0.4, -0.2) is 67.1 Å². The van der Waals surface area contributed by atoms with E-state index in [0.717, 1.165) is 0 Å². The van der Waals surface area contributed by atoms with Crippen molar-refractivity contribution in [2.24, 2.45) is 0 Å². The Morgan fingerprint density at radius 3 is 2.60 bits per heavy atom. The summed E-state index contributed by atoms with van der Waals surface area (Å²) in [7, 11) is 3.06. The highest BCUT2D eigenvalue weighted by Gasteiger charge is 2.15. The van der Waals surface area contributed by atoms with Crippen molar-refractivity contribution in [1.29, 1.82) is 0 Å². The van der Waals surface area contributed by atoms with Gasteiger partial charge in [0.15, 0.2) is 6.10 Å². The zero-order valence-corrected chi connectivity index (χ0v) is 8.77. The Morgan fingerprint density at radius 2 is 2.13 bits per heavy atom. The summed E-state index contributed by atoms with van der Waals surface area (Å²) < 4.78 is 4.76. The van der Waals surface area contributed by atoms with E-state index in [1.165, 1.54) is 12.0 Å². The number of hydrogen-bond donors (Lipinski definition) is 3. The number of ether oxygens (including phenoxy) is 1. The number of aliphatic carboxylic acids is 1. The first-order valence-corrected chi connectivity index (χ1v) is 4.37. The molecule has 0 radical (unpaired) electrons. The van der Waals surface area contributed by atoms with E-state index in [4.69, 9.17) is 14.9 Å². The average Bonchev–Trinajstić information content (AvgIpc) is 2.21. The van der Waals surface area contributed by atoms with Gasteiger partial charge >= 0.3 is 12.0 Å². The Hall–Kier alpha value is -1.34. The van der Waals surface area contributed by atoms with E-state index in [-0.39, 0.29) is 6.54 Å². The van der Waals surface area contributed by atoms with Crippen LogP contribution in [0.1, 0.15) is 0 Å². The molecule has 0 bridgehead atoms. The summed E-state index contributed by atoms with van der Waals surface area (Å²) in [4.78, 5) is 22.8. The van der Waals surface area contributed by atoms with Crippen molar-refractivity contribution in [3.8, 4) is 0 Å². The molecule has 0 saturated heterocycles. The molecule has 88 valence electrons. The predicted molar refractivity (Wildman–Crippen MR) is 51.5 cm³/mol. The number of hydrogen-bond acceptors (Lipinski definition) is 4. The Morgan fingerprint density at radius 1 is 1.53 bits per heavy atom. The molecule has 0 spiro atoms. The highest BCUT2D eigenvalue weighted by molar-refractivity contribution is 5.76. The third-order valence-electron chi connectivity index (χ3n) is 1.71. The number of carbonyl (C=O) groups excluding carboxylic acids is 1. The highest BCUT2D eigenvalue weighted by Crippen LogP contribution is 1.86. The van der Waals surface area contributed by atoms with E-state index in [9.17, 15) is 9.59 Å². The molecule has 0 aliphatic heterocycles. The van der Waals surface area contributed by atoms with Gasteiger partial charge in [0, 0.05) is 20.7 Å². The number of carbonyl (C=O) groups is 2. The van der Waals surface area contributed by atoms with Gasteiger partial charge in [-0.15, -0.1) is 0 Å². The van der Waals surface area contributed by atoms with Crippen LogP contribution in [0.5, 0.6) is 0 Å². The van der Waals surface area contributed by atoms with Gasteiger partial charge in [0.2, 0.25) is 0 Å². The van der Waals surface area contributed by atoms with Crippen molar-refractivity contribution in [2.75, 3.05) is 33.9 Å². The Bertz CT molecular complexity index is 221. The molecule has 7 nitrogen and oxygen atoms in total. The Kier molecular flexibility index (Phi) is 6.39. The number of urea groups is 1. The molecule has 1 unspecified atom stereocenters. The zero-order valence-electron chi connectivity index (χ0n) is 8.77. The van der Waals surface area contributed by atoms with Crippen molar-refractivity contribution in [2.45, 2.75) is 6.10 Å². The van der Waals surface area contributed by atoms with Gasteiger partial charge in [-0.2, -0.15) is 0 Å². The number of amides is 2. The zero-order chi connectivity index (χ0) is 11.8. The smallest absolute Gasteiger partial charge is 0.334 e. The first-order valence-electron chi connectivity index (χ1n) is 4.37. The molecule has 0 aliphatic rings. The van der Waals surface area contributed by atoms with Gasteiger partial charge < -0.3 is 25.2 Å². The largest absolute Gasteiger partial charge is 0.479 e. The van der Waals surface area contributed by atoms with E-state index < -0.39 is 18.1 Å². The molecule has 0 saturated carbocycles. The maximum atomic E-state index is 11.2. The second-order valence-electron chi connectivity index (χ2n) is 2.95. The molecule has 0 aromatic carbocycles. The summed E-state index contributed by atoms with van der Waals surface area (Å²) in [6.45, 7) is 0.475. The fourth-order valence-electron chi connectivity index (χ4n) is 0.736. The standard InChI is InChI=1S/C8H16N2O5/c1-10(3-4-15-2)8(14)9-5-6(11)7(12)13/h6,11H,3-5H2,1-2H3,(H,9,14)(H,12,13). The lowest BCUT2D eigenvalue weighted by Crippen LogP contribution is -2.43. The molecule has 0 aromatic rings. The number of aliphatic hydroxyl groups is 1. The second-order valence-corrected chi connectivity index (χ2v) is 2.95. The molecule has 0 fully saturated rings. The summed E-state index contributed by atoms with van der Waals surface area (Å²) in [6.07, 6.45) is -1.58. The summed E-state index contributed by atoms with van der Waals surface area (Å²) in [5.41, 5.74) is 0. The maximum absolute atomic E-state index is 11.2. The molecule has 2 amide bonds. The lowest BCUT2D eigenvalue weighted by Gasteiger charge is -2.17. The monoisotopic (exact) mass is 220 g/mol. The number of nitrogens with zero attached hydrogens (tertiary/aromatic N) is 1. The lowest BCUT2D eigenvalue weighted by molar-refractivity contribution is -0.146. The number of rotatable bonds is 6. The number of methoxy groups -OCH3 is 1. The predicted octanol–water partition coefficient (Wildman–Crippen LogP) is -1.28. The van der Waals surface area contributed by atoms with Gasteiger partial charge in [-0.25, -0.2) is 9.59 Å². The van der Waals surface area contributed by atoms with Crippen molar-refractivity contribution in [1.82, 2.24) is 10.2 Å². The molecule has 7 heteroatoms. The van der Waals surface area contributed by atoms with Gasteiger partial charge in [0.1, 0.15) is 0 Å². The molecule has 1 atom stereocenters. The van der Waals surface area contributed by atoms with Gasteiger partial charge in [-0.3, -0.25) is 0 Å². The summed E-state index contributed by atoms with van der Waals surface area (Å²) in [5.74, 6) is -1.37. The van der Waals surface area contributed by atoms with E-state index in [1.54, 1.807) is 7.05 Å². The summed E-state index contributed by atoms with van der Waals surface area (Å²) >= 11 is 0. The number of aliphatic hydroxyl groups excluding tert-OH is 1. The number of carboxylic acids is 1. The molecule has 0 aromatic heterocycles. The van der Waals surface area contributed by atoms with E-state index >= 15 is 0 Å². The highest BCUT2D eigenvalue weighted by atomic mass is 16.5. The molecule has 0 rings (SSSR count). The number of carboxylic acid groups (broad SMARTS) is 1. The van der Waals surface area contributed by atoms with Crippen LogP contribution >= 0.6 is 0 Å². The van der Waals surface area contributed by atoms with E-state index in [2.05, 4.69) is 5.32 Å². The first kappa shape index (κ1) is 13.7. The first-order chi connectivity index (χ1) is 6.99. The van der Waals surface area contributed by atoms with Crippen LogP contribution in [-0.2, 0) is 9.53 Å². The number of likely N-dealkylation sites (N-methyl/N-ethyl adjacent to an activating group) is 1. The van der Waals surface area contributed by atoms with Crippen LogP contribution in [0.15, 0.2) is 0 Å². The maximum Gasteiger partial charge on any atom is 0.334 e. The summed E-state index contributed by atoms with van der Waals surface area (Å²) in [6, 6.07) is -0.452. The van der Waals surface area contributed by atoms with Crippen LogP contribution in [0.25, 0.3) is 0 Å². The van der Waals surface area contributed by atoms with Crippen molar-refractivity contribution in [3.63, 3.8) is 0 Å². The summed E-state index contributed by atoms with van der Waals surface area (Å²) in [5, 5.41) is 19.5. The van der Waals surface area contributed by atoms with Crippen LogP contribution in [0.4, 0.5) is 4.79 Å². The number of nitrogens with one attached hydrogen (secondary N) is 1. The van der Waals surface area contributed by atoms with Gasteiger partial charge in [-0.1, -0.05) is 0 Å². The lowest BCUT2D eigenvalue weighted by atomic mass is 10.3. The van der Waals surface area contributed by atoms with Crippen LogP contribution < -0.4 is 5.32 Å². The van der Waals surface area contributed by atoms with Crippen LogP contribution in [0.2, 0.25) is 0 Å². The van der Waals surface area contributed by atoms with Gasteiger partial charge in [-0.05, 0) is 0 Å². The fraction of sp³-hybridized carbons (Fsp3) is 0.750. The van der Waals surface area contributed by atoms with Crippen molar-refractivity contribution in [3.05, 3.63) is 0 Å². The minimum absolute atomic E-state index is 0.314. The second kappa shape index (κ2) is 7.02. The SMILES string of the molecule is COCCN(C)C(=O)NCC(O)C(=O)O. The molecule has 3 N–H and O–H groups in total.